The third kappa shape index (κ3) is 2.53. The zero-order valence-electron chi connectivity index (χ0n) is 5.65. The Hall–Kier alpha value is -1.13. The number of carbonyl (C=O) groups excluding carboxylic acids is 1. The summed E-state index contributed by atoms with van der Waals surface area (Å²) in [5.41, 5.74) is 2.30. The second-order valence-corrected chi connectivity index (χ2v) is 1.69. The second-order valence-electron chi connectivity index (χ2n) is 1.69. The fraction of sp³-hybridized carbons (Fsp3) is 0. The van der Waals surface area contributed by atoms with Crippen molar-refractivity contribution in [2.75, 3.05) is 0 Å². The summed E-state index contributed by atoms with van der Waals surface area (Å²) in [6.45, 7) is 0. The van der Waals surface area contributed by atoms with Gasteiger partial charge in [0.05, 0.1) is 0 Å². The van der Waals surface area contributed by atoms with Gasteiger partial charge in [-0.2, -0.15) is 0 Å². The molecule has 0 unspecified atom stereocenters. The van der Waals surface area contributed by atoms with Crippen LogP contribution in [0, 0.1) is 0 Å². The van der Waals surface area contributed by atoms with Crippen molar-refractivity contribution in [2.45, 2.75) is 0 Å². The topological polar surface area (TPSA) is 68.0 Å². The van der Waals surface area contributed by atoms with Gasteiger partial charge in [0.15, 0.2) is 0 Å². The molecule has 11 heavy (non-hydrogen) atoms. The van der Waals surface area contributed by atoms with Gasteiger partial charge in [0.2, 0.25) is 0 Å². The zero-order valence-corrected chi connectivity index (χ0v) is 6.47. The van der Waals surface area contributed by atoms with Crippen LogP contribution in [0.15, 0.2) is 24.4 Å². The fourth-order valence-electron chi connectivity index (χ4n) is 0.571. The van der Waals surface area contributed by atoms with Gasteiger partial charge in [-0.25, -0.2) is 5.84 Å². The van der Waals surface area contributed by atoms with Crippen molar-refractivity contribution < 1.29 is 4.79 Å². The molecule has 0 aliphatic rings. The van der Waals surface area contributed by atoms with Crippen molar-refractivity contribution >= 4 is 18.3 Å². The van der Waals surface area contributed by atoms with E-state index in [0.717, 1.165) is 0 Å². The SMILES string of the molecule is Cl.NNC(=O)c1ccccn1. The maximum atomic E-state index is 10.7. The third-order valence-electron chi connectivity index (χ3n) is 1.03. The van der Waals surface area contributed by atoms with E-state index in [1.807, 2.05) is 5.43 Å². The molecule has 0 aliphatic carbocycles. The Bertz CT molecular complexity index is 227. The van der Waals surface area contributed by atoms with Crippen molar-refractivity contribution in [3.8, 4) is 0 Å². The van der Waals surface area contributed by atoms with Crippen LogP contribution >= 0.6 is 12.4 Å². The zero-order chi connectivity index (χ0) is 7.40. The first-order valence-corrected chi connectivity index (χ1v) is 2.76. The van der Waals surface area contributed by atoms with Gasteiger partial charge in [0.1, 0.15) is 5.69 Å². The van der Waals surface area contributed by atoms with E-state index in [1.54, 1.807) is 18.2 Å². The van der Waals surface area contributed by atoms with E-state index < -0.39 is 0 Å². The molecule has 60 valence electrons. The van der Waals surface area contributed by atoms with Crippen LogP contribution in [0.1, 0.15) is 10.5 Å². The molecule has 3 N–H and O–H groups in total. The molecule has 1 aromatic heterocycles. The van der Waals surface area contributed by atoms with Gasteiger partial charge in [0.25, 0.3) is 5.91 Å². The molecule has 0 aromatic carbocycles. The fourth-order valence-corrected chi connectivity index (χ4v) is 0.571. The van der Waals surface area contributed by atoms with E-state index in [1.165, 1.54) is 6.20 Å². The highest BCUT2D eigenvalue weighted by Gasteiger charge is 2.00. The molecule has 4 nitrogen and oxygen atoms in total. The monoisotopic (exact) mass is 173 g/mol. The van der Waals surface area contributed by atoms with Crippen LogP contribution in [0.5, 0.6) is 0 Å². The lowest BCUT2D eigenvalue weighted by Crippen LogP contribution is -2.30. The van der Waals surface area contributed by atoms with Gasteiger partial charge in [-0.05, 0) is 12.1 Å². The van der Waals surface area contributed by atoms with E-state index >= 15 is 0 Å². The Morgan fingerprint density at radius 3 is 2.73 bits per heavy atom. The number of hydrazine groups is 1. The first-order chi connectivity index (χ1) is 4.84. The molecule has 0 atom stereocenters. The maximum Gasteiger partial charge on any atom is 0.283 e. The average Bonchev–Trinajstić information content (AvgIpc) is 2.05. The van der Waals surface area contributed by atoms with Crippen LogP contribution in [0.25, 0.3) is 0 Å². The van der Waals surface area contributed by atoms with Gasteiger partial charge in [0, 0.05) is 6.20 Å². The first kappa shape index (κ1) is 9.87. The summed E-state index contributed by atoms with van der Waals surface area (Å²) in [5.74, 6) is 4.49. The number of aromatic nitrogens is 1. The summed E-state index contributed by atoms with van der Waals surface area (Å²) in [6.07, 6.45) is 1.53. The predicted octanol–water partition coefficient (Wildman–Crippen LogP) is 0.107. The highest BCUT2D eigenvalue weighted by Crippen LogP contribution is 1.90. The van der Waals surface area contributed by atoms with Crippen molar-refractivity contribution in [1.29, 1.82) is 0 Å². The standard InChI is InChI=1S/C6H7N3O.ClH/c7-9-6(10)5-3-1-2-4-8-5;/h1-4H,7H2,(H,9,10);1H. The number of pyridine rings is 1. The molecule has 0 radical (unpaired) electrons. The van der Waals surface area contributed by atoms with Crippen LogP contribution in [0.4, 0.5) is 0 Å². The first-order valence-electron chi connectivity index (χ1n) is 2.76. The molecule has 5 heteroatoms. The van der Waals surface area contributed by atoms with Crippen LogP contribution in [-0.4, -0.2) is 10.9 Å². The molecule has 0 saturated heterocycles. The van der Waals surface area contributed by atoms with Gasteiger partial charge in [-0.3, -0.25) is 15.2 Å². The van der Waals surface area contributed by atoms with Crippen molar-refractivity contribution in [2.24, 2.45) is 5.84 Å². The van der Waals surface area contributed by atoms with E-state index in [4.69, 9.17) is 5.84 Å². The number of nitrogens with one attached hydrogen (secondary N) is 1. The normalized spacial score (nSPS) is 8.09. The van der Waals surface area contributed by atoms with Crippen LogP contribution in [-0.2, 0) is 0 Å². The summed E-state index contributed by atoms with van der Waals surface area (Å²) in [6, 6.07) is 5.03. The Morgan fingerprint density at radius 2 is 2.27 bits per heavy atom. The molecule has 0 bridgehead atoms. The van der Waals surface area contributed by atoms with E-state index in [2.05, 4.69) is 4.98 Å². The number of halogens is 1. The minimum absolute atomic E-state index is 0. The van der Waals surface area contributed by atoms with Gasteiger partial charge < -0.3 is 0 Å². The summed E-state index contributed by atoms with van der Waals surface area (Å²) in [7, 11) is 0. The number of amides is 1. The Labute approximate surface area is 70.2 Å². The highest BCUT2D eigenvalue weighted by molar-refractivity contribution is 5.91. The molecular formula is C6H8ClN3O. The lowest BCUT2D eigenvalue weighted by atomic mass is 10.3. The predicted molar refractivity (Wildman–Crippen MR) is 43.1 cm³/mol. The molecule has 1 heterocycles. The lowest BCUT2D eigenvalue weighted by Gasteiger charge is -1.94. The van der Waals surface area contributed by atoms with Crippen LogP contribution < -0.4 is 11.3 Å². The van der Waals surface area contributed by atoms with Crippen LogP contribution in [0.3, 0.4) is 0 Å². The molecule has 0 aliphatic heterocycles. The van der Waals surface area contributed by atoms with Gasteiger partial charge in [-0.15, -0.1) is 12.4 Å². The summed E-state index contributed by atoms with van der Waals surface area (Å²) in [5, 5.41) is 0. The smallest absolute Gasteiger partial charge is 0.283 e. The van der Waals surface area contributed by atoms with E-state index in [-0.39, 0.29) is 18.3 Å². The highest BCUT2D eigenvalue weighted by atomic mass is 35.5. The van der Waals surface area contributed by atoms with Crippen LogP contribution in [0.2, 0.25) is 0 Å². The number of nitrogens with zero attached hydrogens (tertiary/aromatic N) is 1. The van der Waals surface area contributed by atoms with Gasteiger partial charge in [-0.1, -0.05) is 6.07 Å². The molecular weight excluding hydrogens is 166 g/mol. The Morgan fingerprint density at radius 1 is 1.55 bits per heavy atom. The molecule has 0 spiro atoms. The summed E-state index contributed by atoms with van der Waals surface area (Å²) in [4.78, 5) is 14.5. The molecule has 0 saturated carbocycles. The third-order valence-corrected chi connectivity index (χ3v) is 1.03. The van der Waals surface area contributed by atoms with Crippen molar-refractivity contribution in [1.82, 2.24) is 10.4 Å². The second kappa shape index (κ2) is 4.65. The van der Waals surface area contributed by atoms with E-state index in [0.29, 0.717) is 5.69 Å². The number of nitrogen functional groups attached to an aromatic ring is 1. The molecule has 0 fully saturated rings. The van der Waals surface area contributed by atoms with Gasteiger partial charge >= 0.3 is 0 Å². The largest absolute Gasteiger partial charge is 0.289 e. The number of hydrogen-bond acceptors (Lipinski definition) is 3. The lowest BCUT2D eigenvalue weighted by molar-refractivity contribution is 0.0948. The Balaban J connectivity index is 0.000001000. The maximum absolute atomic E-state index is 10.7. The molecule has 1 amide bonds. The average molecular weight is 174 g/mol. The van der Waals surface area contributed by atoms with Crippen molar-refractivity contribution in [3.63, 3.8) is 0 Å². The number of hydrogen-bond donors (Lipinski definition) is 2. The quantitative estimate of drug-likeness (QED) is 0.360. The van der Waals surface area contributed by atoms with Crippen molar-refractivity contribution in [3.05, 3.63) is 30.1 Å². The van der Waals surface area contributed by atoms with E-state index in [9.17, 15) is 4.79 Å². The minimum Gasteiger partial charge on any atom is -0.289 e. The minimum atomic E-state index is -0.374. The number of carbonyl (C=O) groups is 1. The summed E-state index contributed by atoms with van der Waals surface area (Å²) >= 11 is 0. The number of rotatable bonds is 1. The summed E-state index contributed by atoms with van der Waals surface area (Å²) < 4.78 is 0. The molecule has 1 rings (SSSR count). The number of nitrogens with two attached hydrogens (primary N) is 1. The Kier molecular flexibility index (Phi) is 4.17. The molecule has 1 aromatic rings.